The van der Waals surface area contributed by atoms with Crippen LogP contribution in [0.5, 0.6) is 0 Å². The number of aliphatic carboxylic acids is 1. The Balaban J connectivity index is 2.92. The van der Waals surface area contributed by atoms with Crippen LogP contribution in [-0.4, -0.2) is 55.0 Å². The fourth-order valence-electron chi connectivity index (χ4n) is 2.39. The molecule has 1 aliphatic rings. The summed E-state index contributed by atoms with van der Waals surface area (Å²) in [6, 6.07) is -1.47. The first-order valence-corrected chi connectivity index (χ1v) is 6.91. The lowest BCUT2D eigenvalue weighted by molar-refractivity contribution is -0.148. The van der Waals surface area contributed by atoms with Crippen molar-refractivity contribution in [3.05, 3.63) is 0 Å². The zero-order chi connectivity index (χ0) is 17.9. The maximum Gasteiger partial charge on any atom is 0.408 e. The van der Waals surface area contributed by atoms with Crippen LogP contribution in [0.25, 0.3) is 0 Å². The quantitative estimate of drug-likeness (QED) is 0.539. The Morgan fingerprint density at radius 3 is 1.74 bits per heavy atom. The van der Waals surface area contributed by atoms with E-state index in [0.717, 1.165) is 14.2 Å². The number of hydrogen-bond acceptors (Lipinski definition) is 7. The summed E-state index contributed by atoms with van der Waals surface area (Å²) < 4.78 is 14.1. The van der Waals surface area contributed by atoms with Crippen LogP contribution in [0.4, 0.5) is 4.79 Å². The molecule has 1 fully saturated rings. The van der Waals surface area contributed by atoms with Gasteiger partial charge in [0.25, 0.3) is 0 Å². The number of carbonyl (C=O) groups is 4. The van der Waals surface area contributed by atoms with Crippen LogP contribution >= 0.6 is 0 Å². The Hall–Kier alpha value is -2.32. The molecule has 0 aliphatic heterocycles. The van der Waals surface area contributed by atoms with Crippen molar-refractivity contribution in [2.45, 2.75) is 32.4 Å². The lowest BCUT2D eigenvalue weighted by Gasteiger charge is -2.22. The zero-order valence-electron chi connectivity index (χ0n) is 13.6. The molecule has 9 heteroatoms. The van der Waals surface area contributed by atoms with Crippen LogP contribution in [0.1, 0.15) is 20.8 Å². The molecule has 0 spiro atoms. The smallest absolute Gasteiger partial charge is 0.408 e. The van der Waals surface area contributed by atoms with Crippen LogP contribution in [0.3, 0.4) is 0 Å². The number of ether oxygens (including phenoxy) is 3. The zero-order valence-corrected chi connectivity index (χ0v) is 13.6. The summed E-state index contributed by atoms with van der Waals surface area (Å²) in [5.74, 6) is -5.78. The highest BCUT2D eigenvalue weighted by Gasteiger charge is 2.65. The second-order valence-electron chi connectivity index (χ2n) is 6.14. The van der Waals surface area contributed by atoms with Gasteiger partial charge in [0.2, 0.25) is 0 Å². The molecule has 9 nitrogen and oxygen atoms in total. The fourth-order valence-corrected chi connectivity index (χ4v) is 2.39. The number of carboxylic acid groups (broad SMARTS) is 1. The van der Waals surface area contributed by atoms with E-state index in [9.17, 15) is 24.3 Å². The van der Waals surface area contributed by atoms with Gasteiger partial charge in [0, 0.05) is 5.92 Å². The molecule has 0 aromatic rings. The van der Waals surface area contributed by atoms with E-state index in [1.54, 1.807) is 20.8 Å². The highest BCUT2D eigenvalue weighted by atomic mass is 16.6. The third kappa shape index (κ3) is 4.57. The molecule has 0 radical (unpaired) electrons. The number of carbonyl (C=O) groups excluding carboxylic acids is 3. The second kappa shape index (κ2) is 6.84. The molecule has 2 unspecified atom stereocenters. The molecule has 0 aromatic carbocycles. The van der Waals surface area contributed by atoms with Gasteiger partial charge in [-0.05, 0) is 20.8 Å². The standard InChI is InChI=1S/C14H21NO8/c1-14(2,3)23-13(20)15-9(10(16)17)6-7(11(18)21-4)8(6)12(19)22-5/h6-9H,1-5H3,(H,15,20)(H,16,17)/t6?,7-,8?,9-/m0/s1. The van der Waals surface area contributed by atoms with Crippen molar-refractivity contribution >= 4 is 24.0 Å². The first-order chi connectivity index (χ1) is 10.5. The van der Waals surface area contributed by atoms with Crippen molar-refractivity contribution in [2.75, 3.05) is 14.2 Å². The molecule has 0 saturated heterocycles. The average Bonchev–Trinajstić information content (AvgIpc) is 3.15. The van der Waals surface area contributed by atoms with Gasteiger partial charge in [0.15, 0.2) is 0 Å². The van der Waals surface area contributed by atoms with Crippen molar-refractivity contribution in [1.29, 1.82) is 0 Å². The Morgan fingerprint density at radius 1 is 1.00 bits per heavy atom. The topological polar surface area (TPSA) is 128 Å². The van der Waals surface area contributed by atoms with E-state index >= 15 is 0 Å². The van der Waals surface area contributed by atoms with E-state index in [1.165, 1.54) is 0 Å². The molecule has 1 saturated carbocycles. The van der Waals surface area contributed by atoms with E-state index in [2.05, 4.69) is 14.8 Å². The molecule has 1 rings (SSSR count). The van der Waals surface area contributed by atoms with Crippen molar-refractivity contribution in [1.82, 2.24) is 5.32 Å². The molecule has 4 atom stereocenters. The maximum atomic E-state index is 11.8. The fraction of sp³-hybridized carbons (Fsp3) is 0.714. The summed E-state index contributed by atoms with van der Waals surface area (Å²) >= 11 is 0. The van der Waals surface area contributed by atoms with Gasteiger partial charge in [-0.25, -0.2) is 9.59 Å². The van der Waals surface area contributed by atoms with Crippen LogP contribution in [0, 0.1) is 17.8 Å². The number of alkyl carbamates (subject to hydrolysis) is 1. The predicted molar refractivity (Wildman–Crippen MR) is 75.3 cm³/mol. The minimum Gasteiger partial charge on any atom is -0.480 e. The van der Waals surface area contributed by atoms with Crippen molar-refractivity contribution in [3.63, 3.8) is 0 Å². The largest absolute Gasteiger partial charge is 0.480 e. The van der Waals surface area contributed by atoms with E-state index in [4.69, 9.17) is 4.74 Å². The first-order valence-electron chi connectivity index (χ1n) is 6.91. The molecule has 0 aromatic heterocycles. The van der Waals surface area contributed by atoms with Gasteiger partial charge in [-0.2, -0.15) is 0 Å². The molecule has 0 bridgehead atoms. The Labute approximate surface area is 133 Å². The summed E-state index contributed by atoms with van der Waals surface area (Å²) in [7, 11) is 2.26. The van der Waals surface area contributed by atoms with Crippen LogP contribution in [0.15, 0.2) is 0 Å². The van der Waals surface area contributed by atoms with E-state index < -0.39 is 53.4 Å². The molecule has 130 valence electrons. The molecule has 1 amide bonds. The normalized spacial score (nSPS) is 24.1. The number of amides is 1. The maximum absolute atomic E-state index is 11.8. The second-order valence-corrected chi connectivity index (χ2v) is 6.14. The van der Waals surface area contributed by atoms with Gasteiger partial charge in [-0.15, -0.1) is 0 Å². The summed E-state index contributed by atoms with van der Waals surface area (Å²) in [5.41, 5.74) is -0.819. The highest BCUT2D eigenvalue weighted by Crippen LogP contribution is 2.50. The minimum absolute atomic E-state index is 0.734. The van der Waals surface area contributed by atoms with E-state index in [1.807, 2.05) is 0 Å². The lowest BCUT2D eigenvalue weighted by atomic mass is 10.1. The van der Waals surface area contributed by atoms with Gasteiger partial charge >= 0.3 is 24.0 Å². The number of methoxy groups -OCH3 is 2. The Kier molecular flexibility index (Phi) is 5.57. The third-order valence-corrected chi connectivity index (χ3v) is 3.35. The summed E-state index contributed by atoms with van der Waals surface area (Å²) in [5, 5.41) is 11.5. The summed E-state index contributed by atoms with van der Waals surface area (Å²) in [6.07, 6.45) is -0.955. The number of carboxylic acids is 1. The number of rotatable bonds is 5. The van der Waals surface area contributed by atoms with Gasteiger partial charge in [0.1, 0.15) is 11.6 Å². The van der Waals surface area contributed by atoms with Crippen molar-refractivity contribution in [2.24, 2.45) is 17.8 Å². The Bertz CT molecular complexity index is 487. The average molecular weight is 331 g/mol. The van der Waals surface area contributed by atoms with Crippen molar-refractivity contribution in [3.8, 4) is 0 Å². The molecule has 0 heterocycles. The molecule has 23 heavy (non-hydrogen) atoms. The van der Waals surface area contributed by atoms with Gasteiger partial charge in [0.05, 0.1) is 26.1 Å². The van der Waals surface area contributed by atoms with Crippen LogP contribution in [-0.2, 0) is 28.6 Å². The highest BCUT2D eigenvalue weighted by molar-refractivity contribution is 5.92. The van der Waals surface area contributed by atoms with E-state index in [0.29, 0.717) is 0 Å². The first kappa shape index (κ1) is 18.7. The summed E-state index contributed by atoms with van der Waals surface area (Å²) in [4.78, 5) is 46.6. The summed E-state index contributed by atoms with van der Waals surface area (Å²) in [6.45, 7) is 4.86. The van der Waals surface area contributed by atoms with Crippen LogP contribution < -0.4 is 5.32 Å². The Morgan fingerprint density at radius 2 is 1.43 bits per heavy atom. The van der Waals surface area contributed by atoms with E-state index in [-0.39, 0.29) is 0 Å². The molecular formula is C14H21NO8. The molecule has 2 N–H and O–H groups in total. The van der Waals surface area contributed by atoms with Crippen LogP contribution in [0.2, 0.25) is 0 Å². The molecular weight excluding hydrogens is 310 g/mol. The monoisotopic (exact) mass is 331 g/mol. The number of nitrogens with one attached hydrogen (secondary N) is 1. The number of esters is 2. The number of hydrogen-bond donors (Lipinski definition) is 2. The minimum atomic E-state index is -1.47. The van der Waals surface area contributed by atoms with Gasteiger partial charge < -0.3 is 24.6 Å². The lowest BCUT2D eigenvalue weighted by Crippen LogP contribution is -2.45. The van der Waals surface area contributed by atoms with Crippen molar-refractivity contribution < 1.29 is 38.5 Å². The predicted octanol–water partition coefficient (Wildman–Crippen LogP) is 0.173. The third-order valence-electron chi connectivity index (χ3n) is 3.35. The van der Waals surface area contributed by atoms with Gasteiger partial charge in [-0.3, -0.25) is 9.59 Å². The molecule has 1 aliphatic carbocycles. The van der Waals surface area contributed by atoms with Gasteiger partial charge in [-0.1, -0.05) is 0 Å². The SMILES string of the molecule is COC(=O)C1C([C@H](NC(=O)OC(C)(C)C)C(=O)O)[C@@H]1C(=O)OC.